The summed E-state index contributed by atoms with van der Waals surface area (Å²) in [6, 6.07) is 6.89. The first-order chi connectivity index (χ1) is 23.8. The zero-order chi connectivity index (χ0) is 35.7. The van der Waals surface area contributed by atoms with Crippen molar-refractivity contribution in [3.8, 4) is 0 Å². The summed E-state index contributed by atoms with van der Waals surface area (Å²) in [6.45, 7) is 7.86. The number of hydrogen-bond donors (Lipinski definition) is 1. The van der Waals surface area contributed by atoms with Gasteiger partial charge < -0.3 is 4.48 Å². The first-order valence-electron chi connectivity index (χ1n) is 21.7. The van der Waals surface area contributed by atoms with E-state index in [1.54, 1.807) is 12.1 Å². The molecule has 0 fully saturated rings. The second kappa shape index (κ2) is 31.8. The Morgan fingerprint density at radius 1 is 0.429 bits per heavy atom. The van der Waals surface area contributed by atoms with Crippen LogP contribution in [0.15, 0.2) is 29.2 Å². The molecule has 0 aliphatic heterocycles. The third kappa shape index (κ3) is 28.4. The summed E-state index contributed by atoms with van der Waals surface area (Å²) in [5, 5.41) is 0. The number of benzene rings is 1. The van der Waals surface area contributed by atoms with Crippen molar-refractivity contribution in [2.45, 2.75) is 231 Å². The van der Waals surface area contributed by atoms with Gasteiger partial charge in [-0.3, -0.25) is 4.55 Å². The van der Waals surface area contributed by atoms with Crippen molar-refractivity contribution in [3.63, 3.8) is 0 Å². The average molecular weight is 707 g/mol. The van der Waals surface area contributed by atoms with E-state index in [-0.39, 0.29) is 4.90 Å². The Bertz CT molecular complexity index is 909. The standard InChI is InChI=1S/C44H83NO3S/c1-4-6-8-10-12-14-16-18-20-22-24-26-28-30-32-34-40-45(3,42-43-36-38-44(39-37-43)49(46,47)48)41-35-33-31-29-27-25-23-21-19-17-15-13-11-9-7-5-2/h36-39H,4-35,40-42H2,1-3H3/p+1. The molecule has 1 rings (SSSR count). The van der Waals surface area contributed by atoms with E-state index >= 15 is 0 Å². The van der Waals surface area contributed by atoms with Gasteiger partial charge in [-0.2, -0.15) is 8.42 Å². The lowest BCUT2D eigenvalue weighted by atomic mass is 10.0. The van der Waals surface area contributed by atoms with Gasteiger partial charge in [-0.1, -0.05) is 206 Å². The molecule has 49 heavy (non-hydrogen) atoms. The largest absolute Gasteiger partial charge is 0.322 e. The van der Waals surface area contributed by atoms with E-state index in [0.717, 1.165) is 16.6 Å². The Balaban J connectivity index is 2.24. The first-order valence-corrected chi connectivity index (χ1v) is 23.1. The van der Waals surface area contributed by atoms with Crippen molar-refractivity contribution in [1.82, 2.24) is 0 Å². The van der Waals surface area contributed by atoms with Gasteiger partial charge in [0.05, 0.1) is 25.0 Å². The zero-order valence-corrected chi connectivity index (χ0v) is 34.0. The maximum atomic E-state index is 11.5. The highest BCUT2D eigenvalue weighted by molar-refractivity contribution is 7.85. The normalized spacial score (nSPS) is 12.2. The molecule has 0 saturated heterocycles. The van der Waals surface area contributed by atoms with E-state index in [2.05, 4.69) is 20.9 Å². The number of quaternary nitrogens is 1. The van der Waals surface area contributed by atoms with E-state index in [1.165, 1.54) is 219 Å². The number of unbranched alkanes of at least 4 members (excludes halogenated alkanes) is 30. The van der Waals surface area contributed by atoms with Gasteiger partial charge in [-0.05, 0) is 37.8 Å². The molecule has 0 atom stereocenters. The monoisotopic (exact) mass is 707 g/mol. The molecule has 0 aliphatic carbocycles. The lowest BCUT2D eigenvalue weighted by Crippen LogP contribution is -2.44. The summed E-state index contributed by atoms with van der Waals surface area (Å²) in [6.07, 6.45) is 44.6. The second-order valence-electron chi connectivity index (χ2n) is 16.0. The van der Waals surface area contributed by atoms with Crippen LogP contribution < -0.4 is 0 Å². The lowest BCUT2D eigenvalue weighted by molar-refractivity contribution is -0.923. The third-order valence-electron chi connectivity index (χ3n) is 10.9. The Labute approximate surface area is 307 Å². The van der Waals surface area contributed by atoms with Gasteiger partial charge >= 0.3 is 0 Å². The van der Waals surface area contributed by atoms with E-state index < -0.39 is 10.1 Å². The topological polar surface area (TPSA) is 54.4 Å². The van der Waals surface area contributed by atoms with E-state index in [9.17, 15) is 13.0 Å². The molecule has 1 N–H and O–H groups in total. The summed E-state index contributed by atoms with van der Waals surface area (Å²) in [7, 11) is -1.75. The fraction of sp³-hybridized carbons (Fsp3) is 0.864. The Morgan fingerprint density at radius 3 is 0.918 bits per heavy atom. The van der Waals surface area contributed by atoms with Crippen molar-refractivity contribution in [3.05, 3.63) is 29.8 Å². The minimum atomic E-state index is -4.15. The Morgan fingerprint density at radius 2 is 0.673 bits per heavy atom. The molecule has 0 unspecified atom stereocenters. The van der Waals surface area contributed by atoms with E-state index in [4.69, 9.17) is 0 Å². The average Bonchev–Trinajstić information content (AvgIpc) is 3.07. The quantitative estimate of drug-likeness (QED) is 0.0426. The van der Waals surface area contributed by atoms with Crippen LogP contribution in [0.25, 0.3) is 0 Å². The van der Waals surface area contributed by atoms with Crippen molar-refractivity contribution >= 4 is 10.1 Å². The number of hydrogen-bond acceptors (Lipinski definition) is 2. The molecule has 0 saturated carbocycles. The van der Waals surface area contributed by atoms with Crippen LogP contribution in [0.4, 0.5) is 0 Å². The molecule has 0 aromatic heterocycles. The molecule has 5 heteroatoms. The SMILES string of the molecule is CCCCCCCCCCCCCCCCCC[N+](C)(CCCCCCCCCCCCCCCCCC)Cc1ccc(S(=O)(=O)O)cc1. The Hall–Kier alpha value is -0.910. The Kier molecular flexibility index (Phi) is 29.9. The fourth-order valence-corrected chi connectivity index (χ4v) is 8.04. The van der Waals surface area contributed by atoms with E-state index in [1.807, 2.05) is 12.1 Å². The van der Waals surface area contributed by atoms with Crippen LogP contribution in [0, 0.1) is 0 Å². The highest BCUT2D eigenvalue weighted by Crippen LogP contribution is 2.21. The predicted octanol–water partition coefficient (Wildman–Crippen LogP) is 14.4. The summed E-state index contributed by atoms with van der Waals surface area (Å²) < 4.78 is 33.5. The van der Waals surface area contributed by atoms with Gasteiger partial charge in [0.1, 0.15) is 6.54 Å². The molecule has 1 aromatic rings. The maximum Gasteiger partial charge on any atom is 0.294 e. The molecular weight excluding hydrogens is 623 g/mol. The predicted molar refractivity (Wildman–Crippen MR) is 215 cm³/mol. The maximum absolute atomic E-state index is 11.5. The van der Waals surface area contributed by atoms with Crippen LogP contribution >= 0.6 is 0 Å². The first kappa shape index (κ1) is 46.1. The van der Waals surface area contributed by atoms with Crippen LogP contribution in [0.3, 0.4) is 0 Å². The van der Waals surface area contributed by atoms with Crippen molar-refractivity contribution in [2.24, 2.45) is 0 Å². The van der Waals surface area contributed by atoms with Crippen LogP contribution in [0.2, 0.25) is 0 Å². The molecule has 288 valence electrons. The molecule has 4 nitrogen and oxygen atoms in total. The second-order valence-corrected chi connectivity index (χ2v) is 17.4. The van der Waals surface area contributed by atoms with E-state index in [0.29, 0.717) is 0 Å². The molecule has 0 radical (unpaired) electrons. The summed E-state index contributed by atoms with van der Waals surface area (Å²) in [5.41, 5.74) is 1.16. The zero-order valence-electron chi connectivity index (χ0n) is 33.2. The molecule has 1 aromatic carbocycles. The molecule has 0 spiro atoms. The summed E-state index contributed by atoms with van der Waals surface area (Å²) in [4.78, 5) is -0.0129. The van der Waals surface area contributed by atoms with Gasteiger partial charge in [0.15, 0.2) is 0 Å². The van der Waals surface area contributed by atoms with Gasteiger partial charge in [-0.15, -0.1) is 0 Å². The highest BCUT2D eigenvalue weighted by atomic mass is 32.2. The third-order valence-corrected chi connectivity index (χ3v) is 11.8. The van der Waals surface area contributed by atoms with Gasteiger partial charge in [-0.25, -0.2) is 0 Å². The van der Waals surface area contributed by atoms with Gasteiger partial charge in [0.25, 0.3) is 10.1 Å². The van der Waals surface area contributed by atoms with Gasteiger partial charge in [0.2, 0.25) is 0 Å². The molecule has 0 bridgehead atoms. The van der Waals surface area contributed by atoms with Crippen LogP contribution in [0.5, 0.6) is 0 Å². The molecular formula is C44H84NO3S+. The van der Waals surface area contributed by atoms with Crippen molar-refractivity contribution in [1.29, 1.82) is 0 Å². The molecule has 0 amide bonds. The molecule has 0 aliphatic rings. The molecule has 0 heterocycles. The van der Waals surface area contributed by atoms with Crippen LogP contribution in [0.1, 0.15) is 225 Å². The minimum absolute atomic E-state index is 0.0129. The van der Waals surface area contributed by atoms with Crippen LogP contribution in [-0.4, -0.2) is 37.6 Å². The lowest BCUT2D eigenvalue weighted by Gasteiger charge is -2.35. The highest BCUT2D eigenvalue weighted by Gasteiger charge is 2.22. The van der Waals surface area contributed by atoms with Crippen LogP contribution in [-0.2, 0) is 16.7 Å². The fourth-order valence-electron chi connectivity index (χ4n) is 7.56. The smallest absolute Gasteiger partial charge is 0.294 e. The minimum Gasteiger partial charge on any atom is -0.322 e. The summed E-state index contributed by atoms with van der Waals surface area (Å²) >= 11 is 0. The van der Waals surface area contributed by atoms with Crippen molar-refractivity contribution < 1.29 is 17.5 Å². The summed E-state index contributed by atoms with van der Waals surface area (Å²) in [5.74, 6) is 0. The number of nitrogens with zero attached hydrogens (tertiary/aromatic N) is 1. The van der Waals surface area contributed by atoms with Gasteiger partial charge in [0, 0.05) is 5.56 Å². The van der Waals surface area contributed by atoms with Crippen molar-refractivity contribution in [2.75, 3.05) is 20.1 Å². The number of rotatable bonds is 37.